The summed E-state index contributed by atoms with van der Waals surface area (Å²) in [6.07, 6.45) is -4.64. The summed E-state index contributed by atoms with van der Waals surface area (Å²) >= 11 is 0. The highest BCUT2D eigenvalue weighted by atomic mass is 19.4. The Balaban J connectivity index is 2.24. The van der Waals surface area contributed by atoms with E-state index in [4.69, 9.17) is 5.26 Å². The van der Waals surface area contributed by atoms with Crippen molar-refractivity contribution >= 4 is 5.91 Å². The number of hydrogen-bond acceptors (Lipinski definition) is 3. The predicted octanol–water partition coefficient (Wildman–Crippen LogP) is 1.68. The van der Waals surface area contributed by atoms with Crippen molar-refractivity contribution in [1.29, 1.82) is 5.26 Å². The van der Waals surface area contributed by atoms with Crippen LogP contribution in [0.1, 0.15) is 33.1 Å². The Morgan fingerprint density at radius 3 is 2.80 bits per heavy atom. The smallest absolute Gasteiger partial charge is 0.329 e. The average Bonchev–Trinajstić information content (AvgIpc) is 2.71. The number of carbonyl (C=O) groups excluding carboxylic acids is 1. The third-order valence-corrected chi connectivity index (χ3v) is 3.68. The van der Waals surface area contributed by atoms with Crippen LogP contribution in [-0.4, -0.2) is 30.4 Å². The second-order valence-electron chi connectivity index (χ2n) is 4.82. The number of benzene rings is 1. The summed E-state index contributed by atoms with van der Waals surface area (Å²) in [6, 6.07) is 3.45. The van der Waals surface area contributed by atoms with Gasteiger partial charge in [0.2, 0.25) is 0 Å². The molecule has 1 amide bonds. The number of piperazine rings is 1. The molecule has 2 aliphatic heterocycles. The van der Waals surface area contributed by atoms with Crippen LogP contribution in [0.3, 0.4) is 0 Å². The molecule has 1 aromatic carbocycles. The van der Waals surface area contributed by atoms with Crippen LogP contribution in [0.5, 0.6) is 0 Å². The summed E-state index contributed by atoms with van der Waals surface area (Å²) in [5.74, 6) is -0.594. The molecule has 0 radical (unpaired) electrons. The lowest BCUT2D eigenvalue weighted by Crippen LogP contribution is -2.44. The van der Waals surface area contributed by atoms with Crippen LogP contribution in [0, 0.1) is 11.3 Å². The first-order valence-corrected chi connectivity index (χ1v) is 6.10. The number of nitrogens with zero attached hydrogens (tertiary/aromatic N) is 2. The number of rotatable bonds is 0. The van der Waals surface area contributed by atoms with Gasteiger partial charge in [-0.1, -0.05) is 0 Å². The maximum Gasteiger partial charge on any atom is 0.417 e. The van der Waals surface area contributed by atoms with Crippen molar-refractivity contribution in [3.63, 3.8) is 0 Å². The van der Waals surface area contributed by atoms with Crippen molar-refractivity contribution in [2.45, 2.75) is 12.2 Å². The lowest BCUT2D eigenvalue weighted by atomic mass is 9.96. The molecular weight excluding hydrogens is 271 g/mol. The molecule has 4 nitrogen and oxygen atoms in total. The summed E-state index contributed by atoms with van der Waals surface area (Å²) in [5, 5.41) is 11.9. The largest absolute Gasteiger partial charge is 0.417 e. The monoisotopic (exact) mass is 281 g/mol. The highest BCUT2D eigenvalue weighted by molar-refractivity contribution is 6.01. The highest BCUT2D eigenvalue weighted by Crippen LogP contribution is 2.42. The fourth-order valence-corrected chi connectivity index (χ4v) is 2.82. The molecule has 2 heterocycles. The molecule has 0 saturated carbocycles. The van der Waals surface area contributed by atoms with Gasteiger partial charge in [-0.3, -0.25) is 4.79 Å². The van der Waals surface area contributed by atoms with Crippen molar-refractivity contribution in [3.05, 3.63) is 34.4 Å². The molecule has 20 heavy (non-hydrogen) atoms. The number of amides is 1. The van der Waals surface area contributed by atoms with E-state index in [-0.39, 0.29) is 11.1 Å². The predicted molar refractivity (Wildman–Crippen MR) is 62.8 cm³/mol. The van der Waals surface area contributed by atoms with E-state index >= 15 is 0 Å². The Bertz CT molecular complexity index is 633. The van der Waals surface area contributed by atoms with Gasteiger partial charge in [-0.15, -0.1) is 0 Å². The van der Waals surface area contributed by atoms with Crippen LogP contribution < -0.4 is 5.32 Å². The zero-order valence-corrected chi connectivity index (χ0v) is 10.3. The minimum Gasteiger partial charge on any atom is -0.329 e. The topological polar surface area (TPSA) is 56.1 Å². The van der Waals surface area contributed by atoms with Crippen LogP contribution >= 0.6 is 0 Å². The lowest BCUT2D eigenvalue weighted by Gasteiger charge is -2.30. The molecule has 1 aromatic rings. The summed E-state index contributed by atoms with van der Waals surface area (Å²) < 4.78 is 39.3. The molecule has 1 atom stereocenters. The Labute approximate surface area is 112 Å². The van der Waals surface area contributed by atoms with Crippen molar-refractivity contribution < 1.29 is 18.0 Å². The summed E-state index contributed by atoms with van der Waals surface area (Å²) in [4.78, 5) is 13.7. The van der Waals surface area contributed by atoms with Gasteiger partial charge in [0, 0.05) is 19.6 Å². The third kappa shape index (κ3) is 1.76. The van der Waals surface area contributed by atoms with Crippen molar-refractivity contribution in [2.75, 3.05) is 19.6 Å². The standard InChI is InChI=1S/C13H10F3N3O/c14-13(15,16)9-4-7(5-17)3-8-10-6-18-1-2-19(10)12(20)11(8)9/h3-4,10,18H,1-2,6H2/t10-/m0/s1. The number of alkyl halides is 3. The van der Waals surface area contributed by atoms with Crippen LogP contribution in [0.25, 0.3) is 0 Å². The summed E-state index contributed by atoms with van der Waals surface area (Å²) in [6.45, 7) is 1.34. The minimum atomic E-state index is -4.64. The number of carbonyl (C=O) groups is 1. The quantitative estimate of drug-likeness (QED) is 0.787. The number of fused-ring (bicyclic) bond motifs is 3. The maximum absolute atomic E-state index is 13.1. The lowest BCUT2D eigenvalue weighted by molar-refractivity contribution is -0.138. The van der Waals surface area contributed by atoms with E-state index in [2.05, 4.69) is 5.32 Å². The Morgan fingerprint density at radius 1 is 1.40 bits per heavy atom. The Hall–Kier alpha value is -2.07. The van der Waals surface area contributed by atoms with Gasteiger partial charge in [0.15, 0.2) is 0 Å². The first kappa shape index (κ1) is 12.9. The maximum atomic E-state index is 13.1. The zero-order chi connectivity index (χ0) is 14.5. The second-order valence-corrected chi connectivity index (χ2v) is 4.82. The fraction of sp³-hybridized carbons (Fsp3) is 0.385. The Kier molecular flexibility index (Phi) is 2.73. The molecule has 7 heteroatoms. The summed E-state index contributed by atoms with van der Waals surface area (Å²) in [7, 11) is 0. The minimum absolute atomic E-state index is 0.0729. The SMILES string of the molecule is N#Cc1cc2c(c(C(F)(F)F)c1)C(=O)N1CCNC[C@@H]21. The molecule has 0 unspecified atom stereocenters. The van der Waals surface area contributed by atoms with E-state index in [9.17, 15) is 18.0 Å². The second kappa shape index (κ2) is 4.21. The van der Waals surface area contributed by atoms with Crippen LogP contribution in [0.15, 0.2) is 12.1 Å². The van der Waals surface area contributed by atoms with E-state index in [1.807, 2.05) is 0 Å². The van der Waals surface area contributed by atoms with Gasteiger partial charge in [0.1, 0.15) is 0 Å². The Morgan fingerprint density at radius 2 is 2.15 bits per heavy atom. The van der Waals surface area contributed by atoms with Crippen LogP contribution in [0.4, 0.5) is 13.2 Å². The van der Waals surface area contributed by atoms with E-state index < -0.39 is 23.7 Å². The molecule has 1 N–H and O–H groups in total. The van der Waals surface area contributed by atoms with Gasteiger partial charge in [-0.2, -0.15) is 18.4 Å². The molecule has 2 aliphatic rings. The number of hydrogen-bond donors (Lipinski definition) is 1. The molecule has 3 rings (SSSR count). The van der Waals surface area contributed by atoms with Crippen molar-refractivity contribution in [1.82, 2.24) is 10.2 Å². The molecule has 1 fully saturated rings. The molecule has 0 aliphatic carbocycles. The van der Waals surface area contributed by atoms with Crippen molar-refractivity contribution in [3.8, 4) is 6.07 Å². The molecule has 0 spiro atoms. The van der Waals surface area contributed by atoms with E-state index in [1.54, 1.807) is 6.07 Å². The number of nitrogens with one attached hydrogen (secondary N) is 1. The molecule has 0 bridgehead atoms. The fourth-order valence-electron chi connectivity index (χ4n) is 2.82. The van der Waals surface area contributed by atoms with Crippen LogP contribution in [0.2, 0.25) is 0 Å². The van der Waals surface area contributed by atoms with Crippen molar-refractivity contribution in [2.24, 2.45) is 0 Å². The van der Waals surface area contributed by atoms with E-state index in [0.717, 1.165) is 6.07 Å². The normalized spacial score (nSPS) is 21.4. The zero-order valence-electron chi connectivity index (χ0n) is 10.3. The number of halogens is 3. The van der Waals surface area contributed by atoms with Gasteiger partial charge in [0.25, 0.3) is 5.91 Å². The van der Waals surface area contributed by atoms with E-state index in [0.29, 0.717) is 25.2 Å². The molecule has 104 valence electrons. The first-order valence-electron chi connectivity index (χ1n) is 6.10. The van der Waals surface area contributed by atoms with Gasteiger partial charge in [-0.25, -0.2) is 0 Å². The third-order valence-electron chi connectivity index (χ3n) is 3.68. The van der Waals surface area contributed by atoms with Gasteiger partial charge < -0.3 is 10.2 Å². The highest BCUT2D eigenvalue weighted by Gasteiger charge is 2.45. The summed E-state index contributed by atoms with van der Waals surface area (Å²) in [5.41, 5.74) is -1.08. The average molecular weight is 281 g/mol. The number of nitriles is 1. The molecule has 0 aromatic heterocycles. The van der Waals surface area contributed by atoms with Crippen LogP contribution in [-0.2, 0) is 6.18 Å². The van der Waals surface area contributed by atoms with E-state index in [1.165, 1.54) is 11.0 Å². The van der Waals surface area contributed by atoms with Gasteiger partial charge >= 0.3 is 6.18 Å². The molecule has 1 saturated heterocycles. The first-order chi connectivity index (χ1) is 9.43. The van der Waals surface area contributed by atoms with Gasteiger partial charge in [0.05, 0.1) is 28.8 Å². The van der Waals surface area contributed by atoms with Gasteiger partial charge in [-0.05, 0) is 17.7 Å². The molecular formula is C13H10F3N3O.